The third-order valence-electron chi connectivity index (χ3n) is 3.05. The number of nitro benzene ring substituents is 1. The normalized spacial score (nSPS) is 11.9. The first-order valence-electron chi connectivity index (χ1n) is 5.63. The number of rotatable bonds is 5. The molecule has 1 atom stereocenters. The van der Waals surface area contributed by atoms with Gasteiger partial charge in [-0.1, -0.05) is 13.0 Å². The highest BCUT2D eigenvalue weighted by Gasteiger charge is 2.26. The fourth-order valence-corrected chi connectivity index (χ4v) is 1.72. The van der Waals surface area contributed by atoms with E-state index in [-0.39, 0.29) is 23.0 Å². The van der Waals surface area contributed by atoms with Crippen LogP contribution in [0.2, 0.25) is 0 Å². The van der Waals surface area contributed by atoms with Gasteiger partial charge in [-0.15, -0.1) is 0 Å². The molecule has 0 fully saturated rings. The molecule has 0 spiro atoms. The lowest BCUT2D eigenvalue weighted by Crippen LogP contribution is -2.30. The molecule has 18 heavy (non-hydrogen) atoms. The van der Waals surface area contributed by atoms with Gasteiger partial charge in [0.25, 0.3) is 5.69 Å². The van der Waals surface area contributed by atoms with Gasteiger partial charge in [0.2, 0.25) is 0 Å². The van der Waals surface area contributed by atoms with Crippen LogP contribution >= 0.6 is 0 Å². The molecular weight excluding hydrogens is 236 g/mol. The first-order chi connectivity index (χ1) is 8.40. The first kappa shape index (κ1) is 14.0. The van der Waals surface area contributed by atoms with Crippen molar-refractivity contribution in [3.63, 3.8) is 0 Å². The molecule has 0 bridgehead atoms. The highest BCUT2D eigenvalue weighted by atomic mass is 16.6. The molecule has 1 aromatic rings. The number of hydrogen-bond donors (Lipinski definition) is 1. The Hall–Kier alpha value is -2.11. The van der Waals surface area contributed by atoms with Crippen LogP contribution in [0.1, 0.15) is 30.6 Å². The highest BCUT2D eigenvalue weighted by molar-refractivity contribution is 5.97. The van der Waals surface area contributed by atoms with E-state index in [0.29, 0.717) is 0 Å². The summed E-state index contributed by atoms with van der Waals surface area (Å²) in [6.07, 6.45) is 0.765. The minimum Gasteiger partial charge on any atom is -0.478 e. The second-order valence-electron chi connectivity index (χ2n) is 4.10. The van der Waals surface area contributed by atoms with E-state index in [4.69, 9.17) is 5.11 Å². The summed E-state index contributed by atoms with van der Waals surface area (Å²) in [6.45, 7) is 3.83. The molecule has 1 unspecified atom stereocenters. The van der Waals surface area contributed by atoms with Gasteiger partial charge in [0.15, 0.2) is 0 Å². The maximum atomic E-state index is 11.2. The largest absolute Gasteiger partial charge is 0.478 e. The number of carbonyl (C=O) groups is 1. The Morgan fingerprint density at radius 1 is 1.56 bits per heavy atom. The molecule has 0 saturated carbocycles. The molecule has 0 aliphatic carbocycles. The Bertz CT molecular complexity index is 441. The minimum atomic E-state index is -1.16. The number of para-hydroxylation sites is 1. The Morgan fingerprint density at radius 2 is 2.17 bits per heavy atom. The molecule has 0 aliphatic rings. The van der Waals surface area contributed by atoms with E-state index >= 15 is 0 Å². The van der Waals surface area contributed by atoms with E-state index in [1.54, 1.807) is 11.9 Å². The van der Waals surface area contributed by atoms with Crippen molar-refractivity contribution < 1.29 is 14.8 Å². The predicted molar refractivity (Wildman–Crippen MR) is 68.2 cm³/mol. The first-order valence-corrected chi connectivity index (χ1v) is 5.63. The van der Waals surface area contributed by atoms with Crippen LogP contribution in [0, 0.1) is 10.1 Å². The van der Waals surface area contributed by atoms with Gasteiger partial charge in [0.05, 0.1) is 10.5 Å². The van der Waals surface area contributed by atoms with Gasteiger partial charge >= 0.3 is 5.97 Å². The third kappa shape index (κ3) is 2.58. The van der Waals surface area contributed by atoms with Crippen LogP contribution < -0.4 is 4.90 Å². The molecule has 1 rings (SSSR count). The smallest absolute Gasteiger partial charge is 0.338 e. The molecule has 6 nitrogen and oxygen atoms in total. The summed E-state index contributed by atoms with van der Waals surface area (Å²) in [5.41, 5.74) is -0.0750. The molecule has 1 aromatic carbocycles. The molecule has 0 radical (unpaired) electrons. The van der Waals surface area contributed by atoms with Gasteiger partial charge in [0, 0.05) is 19.2 Å². The zero-order valence-corrected chi connectivity index (χ0v) is 10.6. The molecule has 6 heteroatoms. The maximum absolute atomic E-state index is 11.2. The summed E-state index contributed by atoms with van der Waals surface area (Å²) in [5, 5.41) is 20.1. The van der Waals surface area contributed by atoms with Crippen molar-refractivity contribution in [3.05, 3.63) is 33.9 Å². The van der Waals surface area contributed by atoms with Gasteiger partial charge in [-0.25, -0.2) is 4.79 Å². The van der Waals surface area contributed by atoms with E-state index < -0.39 is 10.9 Å². The number of nitrogens with zero attached hydrogens (tertiary/aromatic N) is 2. The number of nitro groups is 1. The van der Waals surface area contributed by atoms with Gasteiger partial charge in [0.1, 0.15) is 5.69 Å². The van der Waals surface area contributed by atoms with Crippen molar-refractivity contribution in [2.24, 2.45) is 0 Å². The predicted octanol–water partition coefficient (Wildman–Crippen LogP) is 2.53. The number of carboxylic acid groups (broad SMARTS) is 1. The topological polar surface area (TPSA) is 83.7 Å². The standard InChI is InChI=1S/C12H16N2O4/c1-4-8(2)13(3)11-9(12(15)16)6-5-7-10(11)14(17)18/h5-8H,4H2,1-3H3,(H,15,16). The van der Waals surface area contributed by atoms with E-state index in [0.717, 1.165) is 6.42 Å². The fourth-order valence-electron chi connectivity index (χ4n) is 1.72. The lowest BCUT2D eigenvalue weighted by Gasteiger charge is -2.26. The number of hydrogen-bond acceptors (Lipinski definition) is 4. The van der Waals surface area contributed by atoms with E-state index in [1.807, 2.05) is 13.8 Å². The van der Waals surface area contributed by atoms with Crippen LogP contribution in [0.4, 0.5) is 11.4 Å². The summed E-state index contributed by atoms with van der Waals surface area (Å²) in [7, 11) is 1.67. The zero-order valence-electron chi connectivity index (χ0n) is 10.6. The van der Waals surface area contributed by atoms with Crippen molar-refractivity contribution in [1.29, 1.82) is 0 Å². The van der Waals surface area contributed by atoms with Gasteiger partial charge in [-0.05, 0) is 19.4 Å². The SMILES string of the molecule is CCC(C)N(C)c1c(C(=O)O)cccc1[N+](=O)[O-]. The average Bonchev–Trinajstić information content (AvgIpc) is 2.35. The van der Waals surface area contributed by atoms with Crippen LogP contribution in [-0.4, -0.2) is 29.1 Å². The van der Waals surface area contributed by atoms with Gasteiger partial charge in [-0.3, -0.25) is 10.1 Å². The number of benzene rings is 1. The monoisotopic (exact) mass is 252 g/mol. The summed E-state index contributed by atoms with van der Waals surface area (Å²) in [4.78, 5) is 23.2. The van der Waals surface area contributed by atoms with Crippen molar-refractivity contribution in [2.45, 2.75) is 26.3 Å². The summed E-state index contributed by atoms with van der Waals surface area (Å²) >= 11 is 0. The Morgan fingerprint density at radius 3 is 2.61 bits per heavy atom. The summed E-state index contributed by atoms with van der Waals surface area (Å²) in [6, 6.07) is 4.10. The number of aromatic carboxylic acids is 1. The third-order valence-corrected chi connectivity index (χ3v) is 3.05. The number of carboxylic acids is 1. The Balaban J connectivity index is 3.44. The second kappa shape index (κ2) is 5.48. The van der Waals surface area contributed by atoms with E-state index in [1.165, 1.54) is 18.2 Å². The van der Waals surface area contributed by atoms with E-state index in [9.17, 15) is 14.9 Å². The Labute approximate surface area is 105 Å². The number of anilines is 1. The van der Waals surface area contributed by atoms with Crippen molar-refractivity contribution >= 4 is 17.3 Å². The molecule has 0 aromatic heterocycles. The maximum Gasteiger partial charge on any atom is 0.338 e. The molecule has 0 heterocycles. The lowest BCUT2D eigenvalue weighted by molar-refractivity contribution is -0.384. The molecule has 1 N–H and O–H groups in total. The molecule has 98 valence electrons. The van der Waals surface area contributed by atoms with Crippen molar-refractivity contribution in [1.82, 2.24) is 0 Å². The summed E-state index contributed by atoms with van der Waals surface area (Å²) in [5.74, 6) is -1.16. The average molecular weight is 252 g/mol. The second-order valence-corrected chi connectivity index (χ2v) is 4.10. The lowest BCUT2D eigenvalue weighted by atomic mass is 10.1. The fraction of sp³-hybridized carbons (Fsp3) is 0.417. The highest BCUT2D eigenvalue weighted by Crippen LogP contribution is 2.32. The molecule has 0 amide bonds. The van der Waals surface area contributed by atoms with Gasteiger partial charge in [-0.2, -0.15) is 0 Å². The molecular formula is C12H16N2O4. The zero-order chi connectivity index (χ0) is 13.9. The Kier molecular flexibility index (Phi) is 4.25. The summed E-state index contributed by atoms with van der Waals surface area (Å²) < 4.78 is 0. The van der Waals surface area contributed by atoms with Crippen LogP contribution in [0.3, 0.4) is 0 Å². The molecule has 0 saturated heterocycles. The minimum absolute atomic E-state index is 0.0178. The van der Waals surface area contributed by atoms with Crippen LogP contribution in [0.5, 0.6) is 0 Å². The molecule has 0 aliphatic heterocycles. The van der Waals surface area contributed by atoms with E-state index in [2.05, 4.69) is 0 Å². The van der Waals surface area contributed by atoms with Crippen LogP contribution in [0.25, 0.3) is 0 Å². The van der Waals surface area contributed by atoms with Gasteiger partial charge < -0.3 is 10.0 Å². The quantitative estimate of drug-likeness (QED) is 0.643. The van der Waals surface area contributed by atoms with Crippen LogP contribution in [-0.2, 0) is 0 Å². The van der Waals surface area contributed by atoms with Crippen molar-refractivity contribution in [2.75, 3.05) is 11.9 Å². The van der Waals surface area contributed by atoms with Crippen molar-refractivity contribution in [3.8, 4) is 0 Å². The van der Waals surface area contributed by atoms with Crippen LogP contribution in [0.15, 0.2) is 18.2 Å².